The van der Waals surface area contributed by atoms with Crippen molar-refractivity contribution in [3.8, 4) is 0 Å². The van der Waals surface area contributed by atoms with Crippen molar-refractivity contribution in [2.75, 3.05) is 37.6 Å². The Labute approximate surface area is 140 Å². The first kappa shape index (κ1) is 16.0. The van der Waals surface area contributed by atoms with Crippen molar-refractivity contribution >= 4 is 23.1 Å². The van der Waals surface area contributed by atoms with Crippen molar-refractivity contribution in [3.05, 3.63) is 64.9 Å². The van der Waals surface area contributed by atoms with E-state index in [0.29, 0.717) is 17.1 Å². The van der Waals surface area contributed by atoms with Crippen molar-refractivity contribution < 1.29 is 9.18 Å². The van der Waals surface area contributed by atoms with Gasteiger partial charge in [-0.3, -0.25) is 9.69 Å². The van der Waals surface area contributed by atoms with E-state index < -0.39 is 0 Å². The maximum Gasteiger partial charge on any atom is 0.176 e. The lowest BCUT2D eigenvalue weighted by atomic mass is 10.1. The summed E-state index contributed by atoms with van der Waals surface area (Å²) in [7, 11) is 0. The largest absolute Gasteiger partial charge is 0.369 e. The minimum atomic E-state index is -0.223. The van der Waals surface area contributed by atoms with E-state index in [1.807, 2.05) is 0 Å². The van der Waals surface area contributed by atoms with Gasteiger partial charge in [0.1, 0.15) is 5.82 Å². The number of hydrogen-bond acceptors (Lipinski definition) is 3. The molecule has 0 radical (unpaired) electrons. The molecular formula is C18H18ClFN2O. The van der Waals surface area contributed by atoms with Crippen LogP contribution in [0.4, 0.5) is 10.1 Å². The molecule has 23 heavy (non-hydrogen) atoms. The van der Waals surface area contributed by atoms with Gasteiger partial charge in [0, 0.05) is 42.5 Å². The van der Waals surface area contributed by atoms with Gasteiger partial charge in [-0.15, -0.1) is 0 Å². The molecule has 0 spiro atoms. The zero-order valence-electron chi connectivity index (χ0n) is 12.7. The lowest BCUT2D eigenvalue weighted by molar-refractivity contribution is 0.0926. The topological polar surface area (TPSA) is 23.6 Å². The summed E-state index contributed by atoms with van der Waals surface area (Å²) in [6.07, 6.45) is 0. The second-order valence-electron chi connectivity index (χ2n) is 5.67. The van der Waals surface area contributed by atoms with Gasteiger partial charge < -0.3 is 4.90 Å². The predicted molar refractivity (Wildman–Crippen MR) is 90.8 cm³/mol. The second-order valence-corrected chi connectivity index (χ2v) is 6.11. The van der Waals surface area contributed by atoms with Gasteiger partial charge in [-0.25, -0.2) is 4.39 Å². The van der Waals surface area contributed by atoms with Crippen LogP contribution in [0.25, 0.3) is 0 Å². The Bertz CT molecular complexity index is 682. The monoisotopic (exact) mass is 332 g/mol. The molecule has 0 aromatic heterocycles. The molecule has 120 valence electrons. The van der Waals surface area contributed by atoms with Crippen LogP contribution in [0.5, 0.6) is 0 Å². The molecule has 2 aromatic carbocycles. The number of hydrogen-bond donors (Lipinski definition) is 0. The first-order valence-corrected chi connectivity index (χ1v) is 8.01. The van der Waals surface area contributed by atoms with Crippen molar-refractivity contribution in [2.24, 2.45) is 0 Å². The van der Waals surface area contributed by atoms with E-state index in [9.17, 15) is 9.18 Å². The molecule has 1 saturated heterocycles. The van der Waals surface area contributed by atoms with Crippen LogP contribution in [0.15, 0.2) is 48.5 Å². The summed E-state index contributed by atoms with van der Waals surface area (Å²) in [6, 6.07) is 13.6. The first-order valence-electron chi connectivity index (χ1n) is 7.63. The van der Waals surface area contributed by atoms with Gasteiger partial charge in [0.2, 0.25) is 0 Å². The summed E-state index contributed by atoms with van der Waals surface area (Å²) < 4.78 is 13.0. The van der Waals surface area contributed by atoms with Crippen LogP contribution in [0.3, 0.4) is 0 Å². The second kappa shape index (κ2) is 7.11. The summed E-state index contributed by atoms with van der Waals surface area (Å²) in [5.74, 6) is -0.137. The van der Waals surface area contributed by atoms with Crippen molar-refractivity contribution in [2.45, 2.75) is 0 Å². The number of nitrogens with zero attached hydrogens (tertiary/aromatic N) is 2. The maximum atomic E-state index is 13.0. The van der Waals surface area contributed by atoms with E-state index in [2.05, 4.69) is 9.80 Å². The predicted octanol–water partition coefficient (Wildman–Crippen LogP) is 3.48. The van der Waals surface area contributed by atoms with E-state index in [1.54, 1.807) is 36.4 Å². The summed E-state index contributed by atoms with van der Waals surface area (Å²) >= 11 is 5.93. The van der Waals surface area contributed by atoms with E-state index in [-0.39, 0.29) is 11.6 Å². The van der Waals surface area contributed by atoms with Crippen LogP contribution in [-0.2, 0) is 0 Å². The highest BCUT2D eigenvalue weighted by Gasteiger charge is 2.19. The fourth-order valence-corrected chi connectivity index (χ4v) is 2.96. The Hall–Kier alpha value is -1.91. The summed E-state index contributed by atoms with van der Waals surface area (Å²) in [5.41, 5.74) is 1.67. The van der Waals surface area contributed by atoms with Crippen LogP contribution in [0.1, 0.15) is 10.4 Å². The van der Waals surface area contributed by atoms with Gasteiger partial charge in [0.25, 0.3) is 0 Å². The average molecular weight is 333 g/mol. The van der Waals surface area contributed by atoms with Crippen LogP contribution in [-0.4, -0.2) is 43.4 Å². The molecule has 1 heterocycles. The Morgan fingerprint density at radius 3 is 2.39 bits per heavy atom. The number of Topliss-reactive ketones (excluding diaryl/α,β-unsaturated/α-hetero) is 1. The van der Waals surface area contributed by atoms with Gasteiger partial charge in [0.15, 0.2) is 5.78 Å². The highest BCUT2D eigenvalue weighted by molar-refractivity contribution is 6.31. The number of piperazine rings is 1. The molecular weight excluding hydrogens is 315 g/mol. The third kappa shape index (κ3) is 4.09. The number of benzene rings is 2. The molecule has 5 heteroatoms. The molecule has 3 rings (SSSR count). The minimum Gasteiger partial charge on any atom is -0.369 e. The van der Waals surface area contributed by atoms with Crippen molar-refractivity contribution in [1.82, 2.24) is 4.90 Å². The van der Waals surface area contributed by atoms with Crippen LogP contribution in [0, 0.1) is 5.82 Å². The number of carbonyl (C=O) groups is 1. The molecule has 0 aliphatic carbocycles. The van der Waals surface area contributed by atoms with E-state index >= 15 is 0 Å². The molecule has 0 saturated carbocycles. The fourth-order valence-electron chi connectivity index (χ4n) is 2.77. The molecule has 1 aliphatic rings. The van der Waals surface area contributed by atoms with Gasteiger partial charge in [-0.2, -0.15) is 0 Å². The molecule has 3 nitrogen and oxygen atoms in total. The van der Waals surface area contributed by atoms with Gasteiger partial charge >= 0.3 is 0 Å². The zero-order chi connectivity index (χ0) is 16.2. The summed E-state index contributed by atoms with van der Waals surface area (Å²) in [5, 5.41) is 0.581. The van der Waals surface area contributed by atoms with Crippen LogP contribution >= 0.6 is 11.6 Å². The first-order chi connectivity index (χ1) is 11.1. The molecule has 0 N–H and O–H groups in total. The minimum absolute atomic E-state index is 0.0859. The lowest BCUT2D eigenvalue weighted by Crippen LogP contribution is -2.48. The molecule has 0 bridgehead atoms. The fraction of sp³-hybridized carbons (Fsp3) is 0.278. The van der Waals surface area contributed by atoms with E-state index in [1.165, 1.54) is 12.1 Å². The Kier molecular flexibility index (Phi) is 4.94. The van der Waals surface area contributed by atoms with Crippen LogP contribution < -0.4 is 4.90 Å². The number of halogens is 2. The third-order valence-electron chi connectivity index (χ3n) is 4.08. The normalized spacial score (nSPS) is 15.7. The summed E-state index contributed by atoms with van der Waals surface area (Å²) in [6.45, 7) is 3.67. The number of rotatable bonds is 4. The van der Waals surface area contributed by atoms with Crippen molar-refractivity contribution in [3.63, 3.8) is 0 Å². The smallest absolute Gasteiger partial charge is 0.176 e. The standard InChI is InChI=1S/C18H18ClFN2O/c19-15-3-1-2-14(12-15)18(23)13-21-8-10-22(11-9-21)17-6-4-16(20)5-7-17/h1-7,12H,8-11,13H2. The third-order valence-corrected chi connectivity index (χ3v) is 4.31. The highest BCUT2D eigenvalue weighted by Crippen LogP contribution is 2.17. The van der Waals surface area contributed by atoms with Gasteiger partial charge in [0.05, 0.1) is 6.54 Å². The molecule has 0 atom stereocenters. The van der Waals surface area contributed by atoms with Gasteiger partial charge in [-0.05, 0) is 36.4 Å². The Morgan fingerprint density at radius 2 is 1.74 bits per heavy atom. The SMILES string of the molecule is O=C(CN1CCN(c2ccc(F)cc2)CC1)c1cccc(Cl)c1. The quantitative estimate of drug-likeness (QED) is 0.801. The molecule has 0 unspecified atom stereocenters. The number of anilines is 1. The van der Waals surface area contributed by atoms with Crippen LogP contribution in [0.2, 0.25) is 5.02 Å². The van der Waals surface area contributed by atoms with Gasteiger partial charge in [-0.1, -0.05) is 23.7 Å². The van der Waals surface area contributed by atoms with Crippen molar-refractivity contribution in [1.29, 1.82) is 0 Å². The molecule has 1 aliphatic heterocycles. The molecule has 1 fully saturated rings. The molecule has 0 amide bonds. The Balaban J connectivity index is 1.55. The lowest BCUT2D eigenvalue weighted by Gasteiger charge is -2.35. The molecule has 2 aromatic rings. The average Bonchev–Trinajstić information content (AvgIpc) is 2.56. The van der Waals surface area contributed by atoms with E-state index in [4.69, 9.17) is 11.6 Å². The number of carbonyl (C=O) groups excluding carboxylic acids is 1. The summed E-state index contributed by atoms with van der Waals surface area (Å²) in [4.78, 5) is 16.6. The zero-order valence-corrected chi connectivity index (χ0v) is 13.5. The highest BCUT2D eigenvalue weighted by atomic mass is 35.5. The van der Waals surface area contributed by atoms with E-state index in [0.717, 1.165) is 31.9 Å². The Morgan fingerprint density at radius 1 is 1.04 bits per heavy atom. The maximum absolute atomic E-state index is 13.0. The number of ketones is 1.